The van der Waals surface area contributed by atoms with Gasteiger partial charge in [0, 0.05) is 12.4 Å². The Balaban J connectivity index is 1.39. The van der Waals surface area contributed by atoms with E-state index in [0.717, 1.165) is 42.5 Å². The van der Waals surface area contributed by atoms with E-state index in [9.17, 15) is 9.90 Å². The second-order valence-corrected chi connectivity index (χ2v) is 8.00. The number of aromatic nitrogens is 5. The fourth-order valence-electron chi connectivity index (χ4n) is 4.19. The molecule has 1 aromatic carbocycles. The van der Waals surface area contributed by atoms with Gasteiger partial charge in [0.2, 0.25) is 0 Å². The van der Waals surface area contributed by atoms with Crippen molar-refractivity contribution < 1.29 is 9.90 Å². The van der Waals surface area contributed by atoms with E-state index in [1.807, 2.05) is 41.2 Å². The number of carbonyl (C=O) groups is 1. The lowest BCUT2D eigenvalue weighted by molar-refractivity contribution is 0.0712. The van der Waals surface area contributed by atoms with Crippen LogP contribution in [0.3, 0.4) is 0 Å². The smallest absolute Gasteiger partial charge is 0.270 e. The fraction of sp³-hybridized carbons (Fsp3) is 0.304. The van der Waals surface area contributed by atoms with Crippen LogP contribution in [0.4, 0.5) is 0 Å². The number of aliphatic hydroxyl groups is 1. The van der Waals surface area contributed by atoms with Gasteiger partial charge in [-0.2, -0.15) is 10.2 Å². The van der Waals surface area contributed by atoms with E-state index in [4.69, 9.17) is 0 Å². The molecule has 2 N–H and O–H groups in total. The SMILES string of the molecule is O=C(N[C@H]1CCCC[C@@H]1O)c1cc(Cc2ccc(-n3cccn3)cc2)cc2ncnn12. The summed E-state index contributed by atoms with van der Waals surface area (Å²) in [5.41, 5.74) is 4.14. The lowest BCUT2D eigenvalue weighted by atomic mass is 9.92. The van der Waals surface area contributed by atoms with Gasteiger partial charge in [0.05, 0.1) is 17.8 Å². The predicted octanol–water partition coefficient (Wildman–Crippen LogP) is 2.54. The zero-order valence-electron chi connectivity index (χ0n) is 17.1. The maximum Gasteiger partial charge on any atom is 0.270 e. The highest BCUT2D eigenvalue weighted by atomic mass is 16.3. The number of rotatable bonds is 5. The summed E-state index contributed by atoms with van der Waals surface area (Å²) in [6, 6.07) is 13.6. The molecule has 0 spiro atoms. The topological polar surface area (TPSA) is 97.3 Å². The summed E-state index contributed by atoms with van der Waals surface area (Å²) in [5, 5.41) is 21.7. The number of hydrogen-bond donors (Lipinski definition) is 2. The highest BCUT2D eigenvalue weighted by Gasteiger charge is 2.26. The molecule has 1 saturated carbocycles. The predicted molar refractivity (Wildman–Crippen MR) is 115 cm³/mol. The van der Waals surface area contributed by atoms with Gasteiger partial charge in [0.1, 0.15) is 12.0 Å². The van der Waals surface area contributed by atoms with Crippen LogP contribution in [0, 0.1) is 0 Å². The molecule has 0 radical (unpaired) electrons. The molecular formula is C23H24N6O2. The van der Waals surface area contributed by atoms with Crippen LogP contribution in [-0.4, -0.2) is 47.5 Å². The van der Waals surface area contributed by atoms with Crippen molar-refractivity contribution in [3.63, 3.8) is 0 Å². The van der Waals surface area contributed by atoms with Crippen LogP contribution in [0.5, 0.6) is 0 Å². The van der Waals surface area contributed by atoms with Crippen LogP contribution in [0.2, 0.25) is 0 Å². The van der Waals surface area contributed by atoms with E-state index < -0.39 is 6.10 Å². The van der Waals surface area contributed by atoms with Crippen LogP contribution in [0.1, 0.15) is 47.3 Å². The van der Waals surface area contributed by atoms with Crippen molar-refractivity contribution in [3.05, 3.63) is 78.0 Å². The molecule has 1 aliphatic carbocycles. The number of fused-ring (bicyclic) bond motifs is 1. The first kappa shape index (κ1) is 19.4. The van der Waals surface area contributed by atoms with Crippen molar-refractivity contribution in [2.24, 2.45) is 0 Å². The second kappa shape index (κ2) is 8.31. The summed E-state index contributed by atoms with van der Waals surface area (Å²) in [6.45, 7) is 0. The van der Waals surface area contributed by atoms with Gasteiger partial charge in [-0.1, -0.05) is 25.0 Å². The summed E-state index contributed by atoms with van der Waals surface area (Å²) >= 11 is 0. The van der Waals surface area contributed by atoms with Crippen molar-refractivity contribution in [2.45, 2.75) is 44.2 Å². The van der Waals surface area contributed by atoms with Crippen molar-refractivity contribution in [2.75, 3.05) is 0 Å². The van der Waals surface area contributed by atoms with Crippen LogP contribution in [0.15, 0.2) is 61.2 Å². The van der Waals surface area contributed by atoms with Crippen LogP contribution in [-0.2, 0) is 6.42 Å². The molecule has 8 heteroatoms. The highest BCUT2D eigenvalue weighted by Crippen LogP contribution is 2.20. The van der Waals surface area contributed by atoms with Crippen molar-refractivity contribution in [1.82, 2.24) is 29.7 Å². The van der Waals surface area contributed by atoms with E-state index in [1.165, 1.54) is 6.33 Å². The molecule has 1 fully saturated rings. The Bertz CT molecular complexity index is 1180. The third-order valence-electron chi connectivity index (χ3n) is 5.83. The molecule has 0 unspecified atom stereocenters. The summed E-state index contributed by atoms with van der Waals surface area (Å²) in [4.78, 5) is 17.3. The maximum atomic E-state index is 13.0. The molecule has 0 saturated heterocycles. The molecule has 3 heterocycles. The molecule has 2 atom stereocenters. The molecule has 31 heavy (non-hydrogen) atoms. The molecule has 158 valence electrons. The van der Waals surface area contributed by atoms with E-state index in [2.05, 4.69) is 32.6 Å². The number of carbonyl (C=O) groups excluding carboxylic acids is 1. The number of aliphatic hydroxyl groups excluding tert-OH is 1. The van der Waals surface area contributed by atoms with Crippen molar-refractivity contribution >= 4 is 11.6 Å². The zero-order valence-corrected chi connectivity index (χ0v) is 17.1. The van der Waals surface area contributed by atoms with Gasteiger partial charge in [0.25, 0.3) is 5.91 Å². The maximum absolute atomic E-state index is 13.0. The molecule has 4 aromatic rings. The van der Waals surface area contributed by atoms with Crippen molar-refractivity contribution in [3.8, 4) is 5.69 Å². The van der Waals surface area contributed by atoms with Gasteiger partial charge in [-0.25, -0.2) is 14.2 Å². The van der Waals surface area contributed by atoms with E-state index in [-0.39, 0.29) is 11.9 Å². The van der Waals surface area contributed by atoms with Crippen LogP contribution in [0.25, 0.3) is 11.3 Å². The Morgan fingerprint density at radius 3 is 2.71 bits per heavy atom. The largest absolute Gasteiger partial charge is 0.391 e. The number of pyridine rings is 1. The Labute approximate surface area is 179 Å². The fourth-order valence-corrected chi connectivity index (χ4v) is 4.19. The molecule has 0 bridgehead atoms. The number of benzene rings is 1. The number of nitrogens with one attached hydrogen (secondary N) is 1. The highest BCUT2D eigenvalue weighted by molar-refractivity contribution is 5.93. The van der Waals surface area contributed by atoms with Crippen LogP contribution < -0.4 is 5.32 Å². The quantitative estimate of drug-likeness (QED) is 0.521. The molecule has 0 aliphatic heterocycles. The Morgan fingerprint density at radius 2 is 1.94 bits per heavy atom. The van der Waals surface area contributed by atoms with Gasteiger partial charge in [-0.05, 0) is 60.7 Å². The zero-order chi connectivity index (χ0) is 21.2. The van der Waals surface area contributed by atoms with Crippen molar-refractivity contribution in [1.29, 1.82) is 0 Å². The van der Waals surface area contributed by atoms with Gasteiger partial charge in [-0.15, -0.1) is 0 Å². The molecular weight excluding hydrogens is 392 g/mol. The first-order valence-electron chi connectivity index (χ1n) is 10.6. The number of hydrogen-bond acceptors (Lipinski definition) is 5. The van der Waals surface area contributed by atoms with E-state index in [0.29, 0.717) is 17.8 Å². The summed E-state index contributed by atoms with van der Waals surface area (Å²) < 4.78 is 3.36. The standard InChI is InChI=1S/C23H24N6O2/c30-21-5-2-1-4-19(21)27-23(31)20-13-17(14-22-24-15-26-29(20)22)12-16-6-8-18(9-7-16)28-11-3-10-25-28/h3,6-11,13-15,19,21,30H,1-2,4-5,12H2,(H,27,31)/t19-,21-/m0/s1. The monoisotopic (exact) mass is 416 g/mol. The third kappa shape index (κ3) is 4.06. The summed E-state index contributed by atoms with van der Waals surface area (Å²) in [5.74, 6) is -0.239. The summed E-state index contributed by atoms with van der Waals surface area (Å²) in [6.07, 6.45) is 8.78. The lowest BCUT2D eigenvalue weighted by Crippen LogP contribution is -2.45. The summed E-state index contributed by atoms with van der Waals surface area (Å²) in [7, 11) is 0. The Kier molecular flexibility index (Phi) is 5.21. The minimum absolute atomic E-state index is 0.224. The Morgan fingerprint density at radius 1 is 1.10 bits per heavy atom. The van der Waals surface area contributed by atoms with Gasteiger partial charge < -0.3 is 10.4 Å². The van der Waals surface area contributed by atoms with Gasteiger partial charge >= 0.3 is 0 Å². The molecule has 3 aromatic heterocycles. The van der Waals surface area contributed by atoms with Crippen LogP contribution >= 0.6 is 0 Å². The average molecular weight is 416 g/mol. The molecule has 1 amide bonds. The van der Waals surface area contributed by atoms with E-state index >= 15 is 0 Å². The van der Waals surface area contributed by atoms with E-state index in [1.54, 1.807) is 10.7 Å². The number of nitrogens with zero attached hydrogens (tertiary/aromatic N) is 5. The normalized spacial score (nSPS) is 18.9. The molecule has 8 nitrogen and oxygen atoms in total. The van der Waals surface area contributed by atoms with Gasteiger partial charge in [-0.3, -0.25) is 4.79 Å². The average Bonchev–Trinajstić information content (AvgIpc) is 3.47. The first-order valence-corrected chi connectivity index (χ1v) is 10.6. The lowest BCUT2D eigenvalue weighted by Gasteiger charge is -2.28. The number of amides is 1. The minimum atomic E-state index is -0.500. The third-order valence-corrected chi connectivity index (χ3v) is 5.83. The van der Waals surface area contributed by atoms with Gasteiger partial charge in [0.15, 0.2) is 5.65 Å². The Hall–Kier alpha value is -3.52. The molecule has 5 rings (SSSR count). The minimum Gasteiger partial charge on any atom is -0.391 e. The molecule has 1 aliphatic rings. The first-order chi connectivity index (χ1) is 15.2. The second-order valence-electron chi connectivity index (χ2n) is 8.00.